The molecule has 138 valence electrons. The minimum atomic E-state index is -0.170. The van der Waals surface area contributed by atoms with Crippen LogP contribution < -0.4 is 4.74 Å². The summed E-state index contributed by atoms with van der Waals surface area (Å²) in [7, 11) is 0. The van der Waals surface area contributed by atoms with Gasteiger partial charge in [-0.15, -0.1) is 0 Å². The fourth-order valence-corrected chi connectivity index (χ4v) is 3.56. The second-order valence-corrected chi connectivity index (χ2v) is 6.77. The molecule has 7 nitrogen and oxygen atoms in total. The summed E-state index contributed by atoms with van der Waals surface area (Å²) in [6.45, 7) is 5.35. The first-order valence-electron chi connectivity index (χ1n) is 9.12. The highest BCUT2D eigenvalue weighted by Crippen LogP contribution is 2.23. The fourth-order valence-electron chi connectivity index (χ4n) is 3.56. The third-order valence-corrected chi connectivity index (χ3v) is 4.94. The predicted octanol–water partition coefficient (Wildman–Crippen LogP) is 1.99. The molecule has 1 aromatic heterocycles. The molecule has 2 aromatic rings. The van der Waals surface area contributed by atoms with Gasteiger partial charge in [-0.05, 0) is 12.5 Å². The van der Waals surface area contributed by atoms with Gasteiger partial charge in [0.2, 0.25) is 0 Å². The van der Waals surface area contributed by atoms with Gasteiger partial charge < -0.3 is 14.0 Å². The van der Waals surface area contributed by atoms with Crippen LogP contribution in [0.5, 0.6) is 5.75 Å². The standard InChI is InChI=1S/C19H24N4O3/c24-19-23-10-9-22(13-17(23)14-26-19)12-16-4-1-2-5-18(16)25-11-3-7-21-8-6-20-15-21/h1-2,4-6,8,15,17H,3,7,9-14H2. The van der Waals surface area contributed by atoms with E-state index in [0.29, 0.717) is 13.2 Å². The number of hydrogen-bond donors (Lipinski definition) is 0. The zero-order chi connectivity index (χ0) is 17.8. The molecule has 0 saturated carbocycles. The van der Waals surface area contributed by atoms with Crippen molar-refractivity contribution >= 4 is 6.09 Å². The van der Waals surface area contributed by atoms with Gasteiger partial charge in [-0.25, -0.2) is 9.78 Å². The average molecular weight is 356 g/mol. The number of aryl methyl sites for hydroxylation is 1. The van der Waals surface area contributed by atoms with Crippen LogP contribution in [0, 0.1) is 0 Å². The van der Waals surface area contributed by atoms with Gasteiger partial charge in [0.05, 0.1) is 19.0 Å². The first kappa shape index (κ1) is 16.9. The molecule has 7 heteroatoms. The molecule has 1 atom stereocenters. The van der Waals surface area contributed by atoms with Crippen molar-refractivity contribution in [3.8, 4) is 5.75 Å². The van der Waals surface area contributed by atoms with E-state index in [9.17, 15) is 4.79 Å². The number of aromatic nitrogens is 2. The van der Waals surface area contributed by atoms with E-state index in [0.717, 1.165) is 44.9 Å². The van der Waals surface area contributed by atoms with Gasteiger partial charge >= 0.3 is 6.09 Å². The molecule has 2 aliphatic heterocycles. The fraction of sp³-hybridized carbons (Fsp3) is 0.474. The number of amides is 1. The van der Waals surface area contributed by atoms with Crippen LogP contribution in [0.2, 0.25) is 0 Å². The van der Waals surface area contributed by atoms with Crippen LogP contribution in [0.3, 0.4) is 0 Å². The quantitative estimate of drug-likeness (QED) is 0.710. The topological polar surface area (TPSA) is 59.8 Å². The summed E-state index contributed by atoms with van der Waals surface area (Å²) in [6, 6.07) is 8.39. The van der Waals surface area contributed by atoms with E-state index in [4.69, 9.17) is 9.47 Å². The molecule has 0 N–H and O–H groups in total. The summed E-state index contributed by atoms with van der Waals surface area (Å²) in [5, 5.41) is 0. The molecule has 0 radical (unpaired) electrons. The molecule has 4 rings (SSSR count). The lowest BCUT2D eigenvalue weighted by Crippen LogP contribution is -2.51. The van der Waals surface area contributed by atoms with Crippen molar-refractivity contribution in [2.45, 2.75) is 25.6 Å². The van der Waals surface area contributed by atoms with Gasteiger partial charge in [-0.3, -0.25) is 9.80 Å². The number of fused-ring (bicyclic) bond motifs is 1. The van der Waals surface area contributed by atoms with Crippen LogP contribution in [0.15, 0.2) is 43.0 Å². The van der Waals surface area contributed by atoms with E-state index >= 15 is 0 Å². The summed E-state index contributed by atoms with van der Waals surface area (Å²) in [6.07, 6.45) is 6.34. The Morgan fingerprint density at radius 2 is 2.19 bits per heavy atom. The smallest absolute Gasteiger partial charge is 0.410 e. The van der Waals surface area contributed by atoms with Gasteiger partial charge in [0.25, 0.3) is 0 Å². The van der Waals surface area contributed by atoms with Crippen LogP contribution in [0.4, 0.5) is 4.79 Å². The number of piperazine rings is 1. The number of hydrogen-bond acceptors (Lipinski definition) is 5. The second-order valence-electron chi connectivity index (χ2n) is 6.77. The van der Waals surface area contributed by atoms with E-state index in [1.165, 1.54) is 5.56 Å². The SMILES string of the molecule is O=C1OCC2CN(Cc3ccccc3OCCCn3ccnc3)CCN12. The van der Waals surface area contributed by atoms with Crippen molar-refractivity contribution in [1.29, 1.82) is 0 Å². The monoisotopic (exact) mass is 356 g/mol. The Hall–Kier alpha value is -2.54. The Kier molecular flexibility index (Phi) is 5.06. The zero-order valence-electron chi connectivity index (χ0n) is 14.8. The Morgan fingerprint density at radius 3 is 3.08 bits per heavy atom. The highest BCUT2D eigenvalue weighted by Gasteiger charge is 2.37. The van der Waals surface area contributed by atoms with Gasteiger partial charge in [-0.2, -0.15) is 0 Å². The Bertz CT molecular complexity index is 734. The molecular formula is C19H24N4O3. The number of imidazole rings is 1. The maximum atomic E-state index is 11.6. The number of para-hydroxylation sites is 1. The van der Waals surface area contributed by atoms with Crippen molar-refractivity contribution < 1.29 is 14.3 Å². The van der Waals surface area contributed by atoms with Gasteiger partial charge in [0, 0.05) is 50.7 Å². The normalized spacial score (nSPS) is 20.1. The molecule has 0 aliphatic carbocycles. The van der Waals surface area contributed by atoms with Crippen LogP contribution in [-0.2, 0) is 17.8 Å². The predicted molar refractivity (Wildman–Crippen MR) is 95.9 cm³/mol. The summed E-state index contributed by atoms with van der Waals surface area (Å²) >= 11 is 0. The first-order valence-corrected chi connectivity index (χ1v) is 9.12. The lowest BCUT2D eigenvalue weighted by molar-refractivity contribution is 0.114. The Labute approximate surface area is 153 Å². The summed E-state index contributed by atoms with van der Waals surface area (Å²) in [5.41, 5.74) is 1.19. The van der Waals surface area contributed by atoms with Gasteiger partial charge in [0.15, 0.2) is 0 Å². The number of cyclic esters (lactones) is 1. The highest BCUT2D eigenvalue weighted by atomic mass is 16.6. The van der Waals surface area contributed by atoms with E-state index in [2.05, 4.69) is 20.5 Å². The summed E-state index contributed by atoms with van der Waals surface area (Å²) < 4.78 is 13.2. The molecule has 1 unspecified atom stereocenters. The highest BCUT2D eigenvalue weighted by molar-refractivity contribution is 5.70. The maximum Gasteiger partial charge on any atom is 0.410 e. The minimum Gasteiger partial charge on any atom is -0.493 e. The Morgan fingerprint density at radius 1 is 1.27 bits per heavy atom. The largest absolute Gasteiger partial charge is 0.493 e. The zero-order valence-corrected chi connectivity index (χ0v) is 14.8. The first-order chi connectivity index (χ1) is 12.8. The van der Waals surface area contributed by atoms with Crippen molar-refractivity contribution in [2.24, 2.45) is 0 Å². The van der Waals surface area contributed by atoms with E-state index in [1.807, 2.05) is 35.6 Å². The van der Waals surface area contributed by atoms with Crippen LogP contribution >= 0.6 is 0 Å². The van der Waals surface area contributed by atoms with E-state index in [-0.39, 0.29) is 12.1 Å². The molecule has 3 heterocycles. The van der Waals surface area contributed by atoms with Crippen molar-refractivity contribution in [1.82, 2.24) is 19.4 Å². The Balaban J connectivity index is 1.30. The van der Waals surface area contributed by atoms with E-state index in [1.54, 1.807) is 6.20 Å². The lowest BCUT2D eigenvalue weighted by atomic mass is 10.1. The number of benzene rings is 1. The molecule has 0 bridgehead atoms. The third-order valence-electron chi connectivity index (χ3n) is 4.94. The molecule has 1 aromatic carbocycles. The van der Waals surface area contributed by atoms with Crippen molar-refractivity contribution in [3.63, 3.8) is 0 Å². The van der Waals surface area contributed by atoms with Crippen molar-refractivity contribution in [2.75, 3.05) is 32.8 Å². The minimum absolute atomic E-state index is 0.170. The summed E-state index contributed by atoms with van der Waals surface area (Å²) in [5.74, 6) is 0.944. The molecule has 26 heavy (non-hydrogen) atoms. The van der Waals surface area contributed by atoms with Gasteiger partial charge in [0.1, 0.15) is 12.4 Å². The van der Waals surface area contributed by atoms with Crippen LogP contribution in [0.25, 0.3) is 0 Å². The number of carbonyl (C=O) groups is 1. The van der Waals surface area contributed by atoms with Crippen LogP contribution in [0.1, 0.15) is 12.0 Å². The lowest BCUT2D eigenvalue weighted by Gasteiger charge is -2.35. The molecule has 2 aliphatic rings. The molecule has 2 fully saturated rings. The summed E-state index contributed by atoms with van der Waals surface area (Å²) in [4.78, 5) is 19.9. The van der Waals surface area contributed by atoms with Crippen molar-refractivity contribution in [3.05, 3.63) is 48.5 Å². The number of carbonyl (C=O) groups excluding carboxylic acids is 1. The second kappa shape index (κ2) is 7.78. The van der Waals surface area contributed by atoms with Crippen LogP contribution in [-0.4, -0.2) is 64.3 Å². The average Bonchev–Trinajstić information content (AvgIpc) is 3.30. The molecule has 0 spiro atoms. The molecule has 1 amide bonds. The number of nitrogens with zero attached hydrogens (tertiary/aromatic N) is 4. The number of rotatable bonds is 7. The number of ether oxygens (including phenoxy) is 2. The molecular weight excluding hydrogens is 332 g/mol. The van der Waals surface area contributed by atoms with E-state index < -0.39 is 0 Å². The maximum absolute atomic E-state index is 11.6. The third kappa shape index (κ3) is 3.83. The molecule has 2 saturated heterocycles. The van der Waals surface area contributed by atoms with Gasteiger partial charge in [-0.1, -0.05) is 18.2 Å².